The lowest BCUT2D eigenvalue weighted by atomic mass is 9.99. The van der Waals surface area contributed by atoms with Gasteiger partial charge in [-0.05, 0) is 49.6 Å². The molecule has 0 saturated carbocycles. The average Bonchev–Trinajstić information content (AvgIpc) is 3.08. The number of aromatic nitrogens is 3. The molecule has 0 radical (unpaired) electrons. The highest BCUT2D eigenvalue weighted by atomic mass is 19.1. The molecule has 0 aliphatic carbocycles. The van der Waals surface area contributed by atoms with E-state index in [1.165, 1.54) is 12.1 Å². The molecule has 3 heterocycles. The number of carbonyl (C=O) groups is 1. The Morgan fingerprint density at radius 2 is 2.17 bits per heavy atom. The van der Waals surface area contributed by atoms with Gasteiger partial charge in [0.25, 0.3) is 0 Å². The minimum absolute atomic E-state index is 0.0136. The topological polar surface area (TPSA) is 81.1 Å². The van der Waals surface area contributed by atoms with Crippen molar-refractivity contribution in [3.05, 3.63) is 71.9 Å². The van der Waals surface area contributed by atoms with E-state index < -0.39 is 0 Å². The molecule has 2 N–H and O–H groups in total. The number of carbonyl (C=O) groups excluding carboxylic acids is 1. The van der Waals surface area contributed by atoms with Gasteiger partial charge in [-0.1, -0.05) is 12.1 Å². The van der Waals surface area contributed by atoms with Crippen molar-refractivity contribution in [2.24, 2.45) is 0 Å². The summed E-state index contributed by atoms with van der Waals surface area (Å²) in [5.74, 6) is 0.0625. The van der Waals surface area contributed by atoms with Gasteiger partial charge in [-0.3, -0.25) is 10.3 Å². The number of benzene rings is 1. The molecule has 1 aliphatic heterocycles. The van der Waals surface area contributed by atoms with Crippen LogP contribution < -0.4 is 10.6 Å². The van der Waals surface area contributed by atoms with Crippen molar-refractivity contribution in [1.29, 1.82) is 0 Å². The number of ether oxygens (including phenoxy) is 1. The summed E-state index contributed by atoms with van der Waals surface area (Å²) in [5.41, 5.74) is 2.39. The largest absolute Gasteiger partial charge is 0.373 e. The molecule has 1 aliphatic rings. The van der Waals surface area contributed by atoms with Gasteiger partial charge in [-0.2, -0.15) is 0 Å². The fourth-order valence-corrected chi connectivity index (χ4v) is 3.47. The molecule has 1 saturated heterocycles. The zero-order valence-corrected chi connectivity index (χ0v) is 16.0. The number of rotatable bonds is 4. The maximum atomic E-state index is 13.5. The lowest BCUT2D eigenvalue weighted by Crippen LogP contribution is -2.42. The fourth-order valence-electron chi connectivity index (χ4n) is 3.47. The standard InChI is InChI=1S/C21H22FN5O2/c1-14-10-20(26-27(14)18-6-2-5-16(22)11-18)25-21(28)24-17-7-9-29-19(12-17)15-4-3-8-23-13-15/h2-6,8,10-11,13,17,19H,7,9,12H2,1H3,(H2,24,25,26,28). The number of hydrogen-bond acceptors (Lipinski definition) is 4. The van der Waals surface area contributed by atoms with Crippen LogP contribution >= 0.6 is 0 Å². The first-order valence-corrected chi connectivity index (χ1v) is 9.50. The third kappa shape index (κ3) is 4.60. The van der Waals surface area contributed by atoms with Crippen molar-refractivity contribution in [3.8, 4) is 5.69 Å². The second kappa shape index (κ2) is 8.40. The number of aryl methyl sites for hydroxylation is 1. The van der Waals surface area contributed by atoms with Gasteiger partial charge >= 0.3 is 6.03 Å². The zero-order valence-electron chi connectivity index (χ0n) is 16.0. The van der Waals surface area contributed by atoms with Gasteiger partial charge in [0.15, 0.2) is 5.82 Å². The Bertz CT molecular complexity index is 992. The Hall–Kier alpha value is -3.26. The summed E-state index contributed by atoms with van der Waals surface area (Å²) in [6.45, 7) is 2.41. The summed E-state index contributed by atoms with van der Waals surface area (Å²) in [6.07, 6.45) is 4.84. The number of hydrogen-bond donors (Lipinski definition) is 2. The molecule has 29 heavy (non-hydrogen) atoms. The van der Waals surface area contributed by atoms with Gasteiger partial charge in [-0.25, -0.2) is 13.9 Å². The molecule has 1 aromatic carbocycles. The van der Waals surface area contributed by atoms with Gasteiger partial charge in [0, 0.05) is 36.8 Å². The maximum absolute atomic E-state index is 13.5. The van der Waals surface area contributed by atoms with Crippen LogP contribution in [0, 0.1) is 12.7 Å². The van der Waals surface area contributed by atoms with E-state index in [1.54, 1.807) is 35.3 Å². The van der Waals surface area contributed by atoms with Crippen LogP contribution in [-0.4, -0.2) is 33.4 Å². The van der Waals surface area contributed by atoms with Crippen LogP contribution in [0.5, 0.6) is 0 Å². The lowest BCUT2D eigenvalue weighted by molar-refractivity contribution is 0.00235. The van der Waals surface area contributed by atoms with Crippen LogP contribution in [-0.2, 0) is 4.74 Å². The monoisotopic (exact) mass is 395 g/mol. The predicted molar refractivity (Wildman–Crippen MR) is 106 cm³/mol. The number of urea groups is 1. The van der Waals surface area contributed by atoms with Crippen molar-refractivity contribution in [2.75, 3.05) is 11.9 Å². The number of pyridine rings is 1. The van der Waals surface area contributed by atoms with Crippen LogP contribution in [0.25, 0.3) is 5.69 Å². The smallest absolute Gasteiger partial charge is 0.320 e. The van der Waals surface area contributed by atoms with Gasteiger partial charge in [0.1, 0.15) is 5.82 Å². The highest BCUT2D eigenvalue weighted by molar-refractivity contribution is 5.88. The molecule has 1 fully saturated rings. The molecule has 2 aromatic heterocycles. The van der Waals surface area contributed by atoms with Crippen molar-refractivity contribution < 1.29 is 13.9 Å². The van der Waals surface area contributed by atoms with Gasteiger partial charge in [0.05, 0.1) is 11.8 Å². The zero-order chi connectivity index (χ0) is 20.2. The average molecular weight is 395 g/mol. The van der Waals surface area contributed by atoms with E-state index in [4.69, 9.17) is 4.74 Å². The van der Waals surface area contributed by atoms with E-state index in [2.05, 4.69) is 20.7 Å². The normalized spacial score (nSPS) is 19.0. The summed E-state index contributed by atoms with van der Waals surface area (Å²) in [6, 6.07) is 11.4. The first-order chi connectivity index (χ1) is 14.1. The second-order valence-electron chi connectivity index (χ2n) is 7.03. The van der Waals surface area contributed by atoms with E-state index >= 15 is 0 Å². The molecule has 0 spiro atoms. The molecule has 2 atom stereocenters. The Labute approximate surface area is 167 Å². The molecule has 0 bridgehead atoms. The third-order valence-electron chi connectivity index (χ3n) is 4.86. The number of halogens is 1. The van der Waals surface area contributed by atoms with Crippen LogP contribution in [0.15, 0.2) is 54.9 Å². The van der Waals surface area contributed by atoms with Crippen molar-refractivity contribution in [2.45, 2.75) is 31.9 Å². The minimum Gasteiger partial charge on any atom is -0.373 e. The van der Waals surface area contributed by atoms with Crippen LogP contribution in [0.4, 0.5) is 15.0 Å². The lowest BCUT2D eigenvalue weighted by Gasteiger charge is -2.30. The molecule has 4 rings (SSSR count). The predicted octanol–water partition coefficient (Wildman–Crippen LogP) is 3.76. The van der Waals surface area contributed by atoms with E-state index in [9.17, 15) is 9.18 Å². The van der Waals surface area contributed by atoms with Crippen molar-refractivity contribution in [1.82, 2.24) is 20.1 Å². The molecule has 150 valence electrons. The quantitative estimate of drug-likeness (QED) is 0.705. The van der Waals surface area contributed by atoms with Gasteiger partial charge in [-0.15, -0.1) is 5.10 Å². The minimum atomic E-state index is -0.340. The first kappa shape index (κ1) is 19.1. The Balaban J connectivity index is 1.38. The molecule has 8 heteroatoms. The van der Waals surface area contributed by atoms with E-state index in [-0.39, 0.29) is 24.0 Å². The Morgan fingerprint density at radius 1 is 1.28 bits per heavy atom. The molecule has 2 amide bonds. The van der Waals surface area contributed by atoms with Crippen molar-refractivity contribution >= 4 is 11.8 Å². The number of anilines is 1. The first-order valence-electron chi connectivity index (χ1n) is 9.50. The number of nitrogens with one attached hydrogen (secondary N) is 2. The third-order valence-corrected chi connectivity index (χ3v) is 4.86. The van der Waals surface area contributed by atoms with Gasteiger partial charge < -0.3 is 10.1 Å². The molecular formula is C21H22FN5O2. The molecule has 3 aromatic rings. The highest BCUT2D eigenvalue weighted by Gasteiger charge is 2.25. The Kier molecular flexibility index (Phi) is 5.53. The summed E-state index contributed by atoms with van der Waals surface area (Å²) < 4.78 is 20.9. The molecule has 2 unspecified atom stereocenters. The maximum Gasteiger partial charge on any atom is 0.320 e. The van der Waals surface area contributed by atoms with Crippen molar-refractivity contribution in [3.63, 3.8) is 0 Å². The summed E-state index contributed by atoms with van der Waals surface area (Å²) in [5, 5.41) is 10.1. The van der Waals surface area contributed by atoms with Gasteiger partial charge in [0.2, 0.25) is 0 Å². The van der Waals surface area contributed by atoms with Crippen LogP contribution in [0.3, 0.4) is 0 Å². The van der Waals surface area contributed by atoms with Crippen LogP contribution in [0.2, 0.25) is 0 Å². The number of amides is 2. The summed E-state index contributed by atoms with van der Waals surface area (Å²) in [7, 11) is 0. The number of nitrogens with zero attached hydrogens (tertiary/aromatic N) is 3. The van der Waals surface area contributed by atoms with E-state index in [0.717, 1.165) is 17.7 Å². The van der Waals surface area contributed by atoms with E-state index in [0.29, 0.717) is 24.5 Å². The second-order valence-corrected chi connectivity index (χ2v) is 7.03. The molecular weight excluding hydrogens is 373 g/mol. The van der Waals surface area contributed by atoms with Crippen LogP contribution in [0.1, 0.15) is 30.2 Å². The Morgan fingerprint density at radius 3 is 2.97 bits per heavy atom. The SMILES string of the molecule is Cc1cc(NC(=O)NC2CCOC(c3cccnc3)C2)nn1-c1cccc(F)c1. The molecule has 7 nitrogen and oxygen atoms in total. The highest BCUT2D eigenvalue weighted by Crippen LogP contribution is 2.27. The fraction of sp³-hybridized carbons (Fsp3) is 0.286. The van der Waals surface area contributed by atoms with E-state index in [1.807, 2.05) is 19.1 Å². The summed E-state index contributed by atoms with van der Waals surface area (Å²) in [4.78, 5) is 16.6. The summed E-state index contributed by atoms with van der Waals surface area (Å²) >= 11 is 0.